The Labute approximate surface area is 188 Å². The zero-order valence-corrected chi connectivity index (χ0v) is 18.9. The summed E-state index contributed by atoms with van der Waals surface area (Å²) in [6.45, 7) is 7.10. The van der Waals surface area contributed by atoms with Crippen LogP contribution in [-0.2, 0) is 9.59 Å². The lowest BCUT2D eigenvalue weighted by molar-refractivity contribution is -0.143. The van der Waals surface area contributed by atoms with E-state index in [9.17, 15) is 9.59 Å². The third-order valence-corrected chi connectivity index (χ3v) is 7.44. The molecule has 9 nitrogen and oxygen atoms in total. The van der Waals surface area contributed by atoms with Gasteiger partial charge in [-0.2, -0.15) is 4.52 Å². The van der Waals surface area contributed by atoms with Gasteiger partial charge in [0.15, 0.2) is 5.65 Å². The summed E-state index contributed by atoms with van der Waals surface area (Å²) < 4.78 is 1.68. The zero-order valence-electron chi connectivity index (χ0n) is 18.9. The molecule has 5 heterocycles. The molecule has 1 atom stereocenters. The molecular formula is C23H33N7O2. The molecule has 3 saturated heterocycles. The van der Waals surface area contributed by atoms with Crippen molar-refractivity contribution in [3.8, 4) is 0 Å². The number of hydrogen-bond donors (Lipinski definition) is 0. The van der Waals surface area contributed by atoms with Crippen molar-refractivity contribution in [1.29, 1.82) is 0 Å². The predicted molar refractivity (Wildman–Crippen MR) is 120 cm³/mol. The van der Waals surface area contributed by atoms with Gasteiger partial charge in [0.25, 0.3) is 0 Å². The van der Waals surface area contributed by atoms with E-state index in [-0.39, 0.29) is 17.7 Å². The van der Waals surface area contributed by atoms with E-state index in [2.05, 4.69) is 32.0 Å². The summed E-state index contributed by atoms with van der Waals surface area (Å²) in [6.07, 6.45) is 7.23. The number of piperidine rings is 3. The standard InChI is InChI=1S/C23H33N7O2/c1-17-3-2-10-29(15-17)23(32)19-8-13-28(14-9-19)22(31)18-6-11-27(12-7-18)21-5-4-20-25-24-16-30(20)26-21/h4-5,16-19H,2-3,6-15H2,1H3. The van der Waals surface area contributed by atoms with Crippen molar-refractivity contribution >= 4 is 23.3 Å². The molecule has 2 aromatic rings. The maximum atomic E-state index is 13.1. The first kappa shape index (κ1) is 21.2. The fourth-order valence-corrected chi connectivity index (χ4v) is 5.50. The molecule has 0 saturated carbocycles. The minimum Gasteiger partial charge on any atom is -0.355 e. The summed E-state index contributed by atoms with van der Waals surface area (Å²) in [5.41, 5.74) is 0.732. The number of carbonyl (C=O) groups excluding carboxylic acids is 2. The molecule has 0 spiro atoms. The van der Waals surface area contributed by atoms with Gasteiger partial charge in [0, 0.05) is 51.1 Å². The van der Waals surface area contributed by atoms with Crippen LogP contribution in [0.1, 0.15) is 45.4 Å². The molecule has 3 aliphatic rings. The first-order valence-corrected chi connectivity index (χ1v) is 12.1. The van der Waals surface area contributed by atoms with E-state index in [0.717, 1.165) is 69.7 Å². The number of aromatic nitrogens is 4. The topological polar surface area (TPSA) is 86.9 Å². The van der Waals surface area contributed by atoms with E-state index in [1.165, 1.54) is 6.42 Å². The average molecular weight is 440 g/mol. The van der Waals surface area contributed by atoms with Crippen molar-refractivity contribution in [1.82, 2.24) is 29.6 Å². The molecule has 172 valence electrons. The van der Waals surface area contributed by atoms with Crippen LogP contribution in [0.25, 0.3) is 5.65 Å². The van der Waals surface area contributed by atoms with Crippen LogP contribution < -0.4 is 4.90 Å². The Balaban J connectivity index is 1.11. The maximum Gasteiger partial charge on any atom is 0.225 e. The molecule has 0 radical (unpaired) electrons. The van der Waals surface area contributed by atoms with E-state index in [4.69, 9.17) is 0 Å². The lowest BCUT2D eigenvalue weighted by atomic mass is 9.90. The van der Waals surface area contributed by atoms with Crippen LogP contribution >= 0.6 is 0 Å². The molecule has 0 aliphatic carbocycles. The highest BCUT2D eigenvalue weighted by molar-refractivity contribution is 5.81. The van der Waals surface area contributed by atoms with E-state index in [0.29, 0.717) is 24.9 Å². The number of anilines is 1. The molecule has 0 N–H and O–H groups in total. The number of nitrogens with zero attached hydrogens (tertiary/aromatic N) is 7. The summed E-state index contributed by atoms with van der Waals surface area (Å²) in [5.74, 6) is 2.24. The van der Waals surface area contributed by atoms with Crippen molar-refractivity contribution in [2.24, 2.45) is 17.8 Å². The zero-order chi connectivity index (χ0) is 22.1. The van der Waals surface area contributed by atoms with Gasteiger partial charge in [-0.25, -0.2) is 0 Å². The Kier molecular flexibility index (Phi) is 5.97. The summed E-state index contributed by atoms with van der Waals surface area (Å²) in [6, 6.07) is 3.89. The Hall–Kier alpha value is -2.71. The molecule has 3 aliphatic heterocycles. The predicted octanol–water partition coefficient (Wildman–Crippen LogP) is 1.84. The summed E-state index contributed by atoms with van der Waals surface area (Å²) in [5, 5.41) is 12.4. The van der Waals surface area contributed by atoms with Gasteiger partial charge in [0.1, 0.15) is 12.1 Å². The van der Waals surface area contributed by atoms with Crippen LogP contribution in [0.3, 0.4) is 0 Å². The van der Waals surface area contributed by atoms with Gasteiger partial charge >= 0.3 is 0 Å². The fraction of sp³-hybridized carbons (Fsp3) is 0.696. The number of amides is 2. The molecule has 5 rings (SSSR count). The van der Waals surface area contributed by atoms with Gasteiger partial charge in [-0.1, -0.05) is 6.92 Å². The highest BCUT2D eigenvalue weighted by Gasteiger charge is 2.34. The monoisotopic (exact) mass is 439 g/mol. The van der Waals surface area contributed by atoms with Crippen LogP contribution in [0.15, 0.2) is 18.5 Å². The number of hydrogen-bond acceptors (Lipinski definition) is 6. The lowest BCUT2D eigenvalue weighted by Gasteiger charge is -2.39. The molecule has 32 heavy (non-hydrogen) atoms. The third kappa shape index (κ3) is 4.29. The van der Waals surface area contributed by atoms with Gasteiger partial charge in [-0.3, -0.25) is 9.59 Å². The summed E-state index contributed by atoms with van der Waals surface area (Å²) in [4.78, 5) is 32.3. The lowest BCUT2D eigenvalue weighted by Crippen LogP contribution is -2.49. The molecule has 2 aromatic heterocycles. The van der Waals surface area contributed by atoms with E-state index >= 15 is 0 Å². The van der Waals surface area contributed by atoms with Crippen molar-refractivity contribution < 1.29 is 9.59 Å². The van der Waals surface area contributed by atoms with Crippen molar-refractivity contribution in [3.05, 3.63) is 18.5 Å². The SMILES string of the molecule is CC1CCCN(C(=O)C2CCN(C(=O)C3CCN(c4ccc5nncn5n4)CC3)CC2)C1. The van der Waals surface area contributed by atoms with E-state index < -0.39 is 0 Å². The quantitative estimate of drug-likeness (QED) is 0.725. The minimum atomic E-state index is 0.0695. The smallest absolute Gasteiger partial charge is 0.225 e. The van der Waals surface area contributed by atoms with Crippen LogP contribution in [0.4, 0.5) is 5.82 Å². The van der Waals surface area contributed by atoms with Crippen LogP contribution in [0.5, 0.6) is 0 Å². The minimum absolute atomic E-state index is 0.0695. The van der Waals surface area contributed by atoms with Crippen LogP contribution in [0.2, 0.25) is 0 Å². The van der Waals surface area contributed by atoms with Gasteiger partial charge in [0.05, 0.1) is 0 Å². The highest BCUT2D eigenvalue weighted by atomic mass is 16.2. The molecule has 9 heteroatoms. The Bertz CT molecular complexity index is 960. The fourth-order valence-electron chi connectivity index (χ4n) is 5.50. The largest absolute Gasteiger partial charge is 0.355 e. The number of rotatable bonds is 3. The molecule has 0 aromatic carbocycles. The maximum absolute atomic E-state index is 13.1. The average Bonchev–Trinajstić information content (AvgIpc) is 3.31. The van der Waals surface area contributed by atoms with E-state index in [1.807, 2.05) is 17.0 Å². The molecule has 1 unspecified atom stereocenters. The van der Waals surface area contributed by atoms with Crippen molar-refractivity contribution in [2.45, 2.75) is 45.4 Å². The first-order chi connectivity index (χ1) is 15.6. The second-order valence-electron chi connectivity index (χ2n) is 9.72. The Morgan fingerprint density at radius 2 is 1.56 bits per heavy atom. The Morgan fingerprint density at radius 1 is 0.875 bits per heavy atom. The molecule has 2 amide bonds. The van der Waals surface area contributed by atoms with Crippen molar-refractivity contribution in [3.63, 3.8) is 0 Å². The van der Waals surface area contributed by atoms with Crippen LogP contribution in [-0.4, -0.2) is 80.7 Å². The third-order valence-electron chi connectivity index (χ3n) is 7.44. The van der Waals surface area contributed by atoms with Crippen molar-refractivity contribution in [2.75, 3.05) is 44.2 Å². The summed E-state index contributed by atoms with van der Waals surface area (Å²) in [7, 11) is 0. The van der Waals surface area contributed by atoms with E-state index in [1.54, 1.807) is 10.8 Å². The van der Waals surface area contributed by atoms with Gasteiger partial charge in [-0.15, -0.1) is 15.3 Å². The first-order valence-electron chi connectivity index (χ1n) is 12.1. The van der Waals surface area contributed by atoms with Gasteiger partial charge in [-0.05, 0) is 56.6 Å². The highest BCUT2D eigenvalue weighted by Crippen LogP contribution is 2.27. The summed E-state index contributed by atoms with van der Waals surface area (Å²) >= 11 is 0. The van der Waals surface area contributed by atoms with Crippen LogP contribution in [0, 0.1) is 17.8 Å². The second kappa shape index (κ2) is 9.03. The number of fused-ring (bicyclic) bond motifs is 1. The van der Waals surface area contributed by atoms with Gasteiger partial charge in [0.2, 0.25) is 11.8 Å². The Morgan fingerprint density at radius 3 is 2.28 bits per heavy atom. The number of carbonyl (C=O) groups is 2. The molecule has 3 fully saturated rings. The second-order valence-corrected chi connectivity index (χ2v) is 9.72. The molecular weight excluding hydrogens is 406 g/mol. The number of likely N-dealkylation sites (tertiary alicyclic amines) is 2. The molecule has 0 bridgehead atoms. The normalized spacial score (nSPS) is 23.7. The van der Waals surface area contributed by atoms with Gasteiger partial charge < -0.3 is 14.7 Å².